The highest BCUT2D eigenvalue weighted by molar-refractivity contribution is 6.01. The van der Waals surface area contributed by atoms with E-state index in [1.165, 1.54) is 0 Å². The van der Waals surface area contributed by atoms with Gasteiger partial charge in [-0.3, -0.25) is 4.98 Å². The zero-order valence-electron chi connectivity index (χ0n) is 14.4. The molecule has 0 saturated carbocycles. The molecule has 2 amide bonds. The molecule has 0 spiro atoms. The molecule has 7 heteroatoms. The number of imidazole rings is 1. The molecule has 1 atom stereocenters. The number of fused-ring (bicyclic) bond motifs is 3. The monoisotopic (exact) mass is 339 g/mol. The first-order chi connectivity index (χ1) is 12.1. The van der Waals surface area contributed by atoms with E-state index in [0.717, 1.165) is 27.8 Å². The van der Waals surface area contributed by atoms with Crippen LogP contribution in [0.15, 0.2) is 30.5 Å². The van der Waals surface area contributed by atoms with Crippen molar-refractivity contribution in [3.8, 4) is 0 Å². The summed E-state index contributed by atoms with van der Waals surface area (Å²) in [7, 11) is 0. The van der Waals surface area contributed by atoms with Crippen molar-refractivity contribution in [3.63, 3.8) is 0 Å². The first-order valence-corrected chi connectivity index (χ1v) is 8.51. The van der Waals surface area contributed by atoms with Gasteiger partial charge in [-0.1, -0.05) is 18.2 Å². The number of nitrogens with one attached hydrogen (secondary N) is 2. The Balaban J connectivity index is 1.72. The number of hydrogen-bond acceptors (Lipinski definition) is 4. The third kappa shape index (κ3) is 2.70. The normalized spacial score (nSPS) is 21.0. The second-order valence-electron chi connectivity index (χ2n) is 6.46. The summed E-state index contributed by atoms with van der Waals surface area (Å²) in [5.74, 6) is 0.717. The van der Waals surface area contributed by atoms with Crippen molar-refractivity contribution in [3.05, 3.63) is 36.3 Å². The van der Waals surface area contributed by atoms with Crippen LogP contribution in [-0.4, -0.2) is 52.1 Å². The molecule has 3 aromatic rings. The number of amides is 2. The molecule has 2 aromatic heterocycles. The molecule has 0 aliphatic carbocycles. The summed E-state index contributed by atoms with van der Waals surface area (Å²) in [5, 5.41) is 3.87. The fourth-order valence-corrected chi connectivity index (χ4v) is 3.31. The standard InChI is InChI=1S/C18H21N5O2/c1-3-19-17(24)23-8-9-25-18(2,11-23)16-21-14-10-20-13-7-5-4-6-12(13)15(14)22-16/h4-7,10H,3,8-9,11H2,1-2H3,(H,19,24)(H,21,22). The highest BCUT2D eigenvalue weighted by Crippen LogP contribution is 2.30. The molecule has 3 heterocycles. The van der Waals surface area contributed by atoms with Gasteiger partial charge in [0.1, 0.15) is 16.9 Å². The Labute approximate surface area is 145 Å². The highest BCUT2D eigenvalue weighted by Gasteiger charge is 2.38. The average Bonchev–Trinajstić information content (AvgIpc) is 3.08. The Bertz CT molecular complexity index is 938. The van der Waals surface area contributed by atoms with Crippen molar-refractivity contribution < 1.29 is 9.53 Å². The topological polar surface area (TPSA) is 83.1 Å². The molecule has 7 nitrogen and oxygen atoms in total. The lowest BCUT2D eigenvalue weighted by Gasteiger charge is -2.39. The number of nitrogens with zero attached hydrogens (tertiary/aromatic N) is 3. The third-order valence-corrected chi connectivity index (χ3v) is 4.62. The Morgan fingerprint density at radius 2 is 2.24 bits per heavy atom. The molecular formula is C18H21N5O2. The lowest BCUT2D eigenvalue weighted by atomic mass is 10.0. The third-order valence-electron chi connectivity index (χ3n) is 4.62. The number of hydrogen-bond donors (Lipinski definition) is 2. The number of carbonyl (C=O) groups is 1. The Kier molecular flexibility index (Phi) is 3.80. The summed E-state index contributed by atoms with van der Waals surface area (Å²) in [5.41, 5.74) is 1.99. The minimum Gasteiger partial charge on any atom is -0.364 e. The molecular weight excluding hydrogens is 318 g/mol. The summed E-state index contributed by atoms with van der Waals surface area (Å²) in [6.07, 6.45) is 1.77. The average molecular weight is 339 g/mol. The van der Waals surface area contributed by atoms with Gasteiger partial charge in [-0.25, -0.2) is 9.78 Å². The van der Waals surface area contributed by atoms with Crippen molar-refractivity contribution in [1.82, 2.24) is 25.2 Å². The first-order valence-electron chi connectivity index (χ1n) is 8.51. The number of morpholine rings is 1. The van der Waals surface area contributed by atoms with E-state index in [1.54, 1.807) is 11.1 Å². The van der Waals surface area contributed by atoms with E-state index in [0.29, 0.717) is 26.2 Å². The molecule has 1 unspecified atom stereocenters. The van der Waals surface area contributed by atoms with Gasteiger partial charge in [0.05, 0.1) is 30.4 Å². The number of urea groups is 1. The molecule has 1 aliphatic rings. The highest BCUT2D eigenvalue weighted by atomic mass is 16.5. The van der Waals surface area contributed by atoms with Crippen LogP contribution in [0.4, 0.5) is 4.79 Å². The van der Waals surface area contributed by atoms with Gasteiger partial charge in [0.25, 0.3) is 0 Å². The van der Waals surface area contributed by atoms with E-state index < -0.39 is 5.60 Å². The number of rotatable bonds is 2. The number of para-hydroxylation sites is 1. The van der Waals surface area contributed by atoms with Gasteiger partial charge in [-0.2, -0.15) is 0 Å². The van der Waals surface area contributed by atoms with Crippen LogP contribution >= 0.6 is 0 Å². The van der Waals surface area contributed by atoms with Crippen LogP contribution in [0.1, 0.15) is 19.7 Å². The Morgan fingerprint density at radius 3 is 3.08 bits per heavy atom. The van der Waals surface area contributed by atoms with Crippen LogP contribution < -0.4 is 5.32 Å². The predicted octanol–water partition coefficient (Wildman–Crippen LogP) is 2.39. The minimum atomic E-state index is -0.677. The first kappa shape index (κ1) is 15.8. The smallest absolute Gasteiger partial charge is 0.317 e. The lowest BCUT2D eigenvalue weighted by Crippen LogP contribution is -2.53. The van der Waals surface area contributed by atoms with Crippen molar-refractivity contribution >= 4 is 28.0 Å². The molecule has 25 heavy (non-hydrogen) atoms. The predicted molar refractivity (Wildman–Crippen MR) is 95.3 cm³/mol. The summed E-state index contributed by atoms with van der Waals surface area (Å²) >= 11 is 0. The van der Waals surface area contributed by atoms with Gasteiger partial charge in [0.15, 0.2) is 0 Å². The van der Waals surface area contributed by atoms with Gasteiger partial charge >= 0.3 is 6.03 Å². The molecule has 2 N–H and O–H groups in total. The number of benzene rings is 1. The zero-order valence-corrected chi connectivity index (χ0v) is 14.4. The molecule has 1 fully saturated rings. The van der Waals surface area contributed by atoms with Gasteiger partial charge in [-0.15, -0.1) is 0 Å². The van der Waals surface area contributed by atoms with Gasteiger partial charge in [-0.05, 0) is 19.9 Å². The van der Waals surface area contributed by atoms with Gasteiger partial charge in [0, 0.05) is 18.5 Å². The molecule has 0 radical (unpaired) electrons. The minimum absolute atomic E-state index is 0.0692. The van der Waals surface area contributed by atoms with Crippen molar-refractivity contribution in [2.75, 3.05) is 26.2 Å². The van der Waals surface area contributed by atoms with E-state index in [-0.39, 0.29) is 6.03 Å². The van der Waals surface area contributed by atoms with Crippen LogP contribution in [0.3, 0.4) is 0 Å². The summed E-state index contributed by atoms with van der Waals surface area (Å²) in [6.45, 7) is 5.98. The lowest BCUT2D eigenvalue weighted by molar-refractivity contribution is -0.0952. The molecule has 1 saturated heterocycles. The number of aromatic amines is 1. The van der Waals surface area contributed by atoms with Crippen LogP contribution in [0.2, 0.25) is 0 Å². The zero-order chi connectivity index (χ0) is 17.4. The largest absolute Gasteiger partial charge is 0.364 e. The molecule has 4 rings (SSSR count). The van der Waals surface area contributed by atoms with Crippen LogP contribution in [0.5, 0.6) is 0 Å². The fourth-order valence-electron chi connectivity index (χ4n) is 3.31. The number of aromatic nitrogens is 3. The quantitative estimate of drug-likeness (QED) is 0.751. The molecule has 1 aromatic carbocycles. The van der Waals surface area contributed by atoms with Crippen molar-refractivity contribution in [1.29, 1.82) is 0 Å². The van der Waals surface area contributed by atoms with E-state index in [1.807, 2.05) is 38.1 Å². The number of carbonyl (C=O) groups excluding carboxylic acids is 1. The maximum atomic E-state index is 12.2. The second-order valence-corrected chi connectivity index (χ2v) is 6.46. The van der Waals surface area contributed by atoms with Crippen molar-refractivity contribution in [2.24, 2.45) is 0 Å². The Hall–Kier alpha value is -2.67. The summed E-state index contributed by atoms with van der Waals surface area (Å²) in [6, 6.07) is 7.89. The summed E-state index contributed by atoms with van der Waals surface area (Å²) in [4.78, 5) is 26.5. The van der Waals surface area contributed by atoms with Gasteiger partial charge in [0.2, 0.25) is 0 Å². The SMILES string of the molecule is CCNC(=O)N1CCOC(C)(c2nc3cnc4ccccc4c3[nH]2)C1. The van der Waals surface area contributed by atoms with Crippen molar-refractivity contribution in [2.45, 2.75) is 19.4 Å². The maximum Gasteiger partial charge on any atom is 0.317 e. The van der Waals surface area contributed by atoms with E-state index in [9.17, 15) is 4.79 Å². The number of pyridine rings is 1. The molecule has 0 bridgehead atoms. The Morgan fingerprint density at radius 1 is 1.40 bits per heavy atom. The molecule has 1 aliphatic heterocycles. The summed E-state index contributed by atoms with van der Waals surface area (Å²) < 4.78 is 6.02. The maximum absolute atomic E-state index is 12.2. The van der Waals surface area contributed by atoms with Crippen LogP contribution in [0.25, 0.3) is 21.9 Å². The second kappa shape index (κ2) is 6.00. The number of H-pyrrole nitrogens is 1. The van der Waals surface area contributed by atoms with Crippen LogP contribution in [0, 0.1) is 0 Å². The fraction of sp³-hybridized carbons (Fsp3) is 0.389. The van der Waals surface area contributed by atoms with Crippen LogP contribution in [-0.2, 0) is 10.3 Å². The van der Waals surface area contributed by atoms with E-state index >= 15 is 0 Å². The van der Waals surface area contributed by atoms with E-state index in [4.69, 9.17) is 9.72 Å². The van der Waals surface area contributed by atoms with E-state index in [2.05, 4.69) is 15.3 Å². The van der Waals surface area contributed by atoms with Gasteiger partial charge < -0.3 is 19.9 Å². The number of ether oxygens (including phenoxy) is 1. The molecule has 130 valence electrons.